The number of guanidine groups is 1. The van der Waals surface area contributed by atoms with Gasteiger partial charge < -0.3 is 15.8 Å². The van der Waals surface area contributed by atoms with Gasteiger partial charge in [-0.15, -0.1) is 24.0 Å². The molecule has 0 bridgehead atoms. The topological polar surface area (TPSA) is 83.4 Å². The first-order valence-electron chi connectivity index (χ1n) is 6.83. The second-order valence-electron chi connectivity index (χ2n) is 5.03. The molecule has 0 heterocycles. The maximum Gasteiger partial charge on any atom is 0.188 e. The molecular weight excluding hydrogens is 379 g/mol. The van der Waals surface area contributed by atoms with Gasteiger partial charge in [-0.2, -0.15) is 5.26 Å². The Balaban J connectivity index is 0.00000220. The molecule has 114 valence electrons. The van der Waals surface area contributed by atoms with Gasteiger partial charge in [0.1, 0.15) is 11.8 Å². The van der Waals surface area contributed by atoms with Crippen molar-refractivity contribution >= 4 is 29.9 Å². The van der Waals surface area contributed by atoms with E-state index in [0.29, 0.717) is 23.8 Å². The number of nitrogens with one attached hydrogen (secondary N) is 1. The SMILES string of the molecule is COc1cc(CN=C(N)NCC2CCC2)ccc1C#N.I. The minimum absolute atomic E-state index is 0. The fraction of sp³-hybridized carbons (Fsp3) is 0.467. The third kappa shape index (κ3) is 5.08. The quantitative estimate of drug-likeness (QED) is 0.452. The molecule has 3 N–H and O–H groups in total. The number of hydrogen-bond donors (Lipinski definition) is 2. The predicted octanol–water partition coefficient (Wildman–Crippen LogP) is 2.39. The number of ether oxygens (including phenoxy) is 1. The third-order valence-electron chi connectivity index (χ3n) is 3.61. The van der Waals surface area contributed by atoms with Crippen LogP contribution < -0.4 is 15.8 Å². The molecule has 0 aromatic heterocycles. The maximum absolute atomic E-state index is 8.92. The van der Waals surface area contributed by atoms with Crippen LogP contribution in [0.3, 0.4) is 0 Å². The molecule has 1 saturated carbocycles. The van der Waals surface area contributed by atoms with E-state index in [1.54, 1.807) is 13.2 Å². The Kier molecular flexibility index (Phi) is 7.29. The minimum atomic E-state index is 0. The van der Waals surface area contributed by atoms with E-state index in [1.807, 2.05) is 12.1 Å². The van der Waals surface area contributed by atoms with Crippen molar-refractivity contribution in [2.45, 2.75) is 25.8 Å². The summed E-state index contributed by atoms with van der Waals surface area (Å²) in [5, 5.41) is 12.1. The molecule has 0 unspecified atom stereocenters. The smallest absolute Gasteiger partial charge is 0.188 e. The summed E-state index contributed by atoms with van der Waals surface area (Å²) < 4.78 is 5.17. The van der Waals surface area contributed by atoms with Crippen LogP contribution in [0.4, 0.5) is 0 Å². The summed E-state index contributed by atoms with van der Waals surface area (Å²) in [4.78, 5) is 4.30. The number of nitriles is 1. The number of nitrogens with two attached hydrogens (primary N) is 1. The zero-order chi connectivity index (χ0) is 14.4. The molecule has 1 fully saturated rings. The van der Waals surface area contributed by atoms with Crippen LogP contribution in [0, 0.1) is 17.2 Å². The molecule has 21 heavy (non-hydrogen) atoms. The molecule has 0 radical (unpaired) electrons. The number of methoxy groups -OCH3 is 1. The molecule has 0 amide bonds. The Morgan fingerprint density at radius 2 is 2.29 bits per heavy atom. The molecule has 6 heteroatoms. The van der Waals surface area contributed by atoms with Crippen molar-refractivity contribution in [1.29, 1.82) is 5.26 Å². The van der Waals surface area contributed by atoms with E-state index < -0.39 is 0 Å². The van der Waals surface area contributed by atoms with Gasteiger partial charge in [-0.25, -0.2) is 4.99 Å². The van der Waals surface area contributed by atoms with Crippen LogP contribution in [-0.4, -0.2) is 19.6 Å². The van der Waals surface area contributed by atoms with E-state index in [4.69, 9.17) is 15.7 Å². The first-order chi connectivity index (χ1) is 9.72. The predicted molar refractivity (Wildman–Crippen MR) is 93.8 cm³/mol. The highest BCUT2D eigenvalue weighted by Crippen LogP contribution is 2.25. The molecule has 1 aliphatic rings. The van der Waals surface area contributed by atoms with Crippen LogP contribution in [0.25, 0.3) is 0 Å². The molecule has 1 aromatic carbocycles. The summed E-state index contributed by atoms with van der Waals surface area (Å²) in [6.45, 7) is 1.39. The molecule has 0 aliphatic heterocycles. The van der Waals surface area contributed by atoms with E-state index in [0.717, 1.165) is 18.0 Å². The van der Waals surface area contributed by atoms with E-state index in [-0.39, 0.29) is 24.0 Å². The number of hydrogen-bond acceptors (Lipinski definition) is 3. The normalized spacial score (nSPS) is 14.6. The Labute approximate surface area is 142 Å². The van der Waals surface area contributed by atoms with E-state index in [2.05, 4.69) is 16.4 Å². The van der Waals surface area contributed by atoms with Gasteiger partial charge in [0.15, 0.2) is 5.96 Å². The molecule has 1 aliphatic carbocycles. The highest BCUT2D eigenvalue weighted by atomic mass is 127. The summed E-state index contributed by atoms with van der Waals surface area (Å²) in [6, 6.07) is 7.51. The third-order valence-corrected chi connectivity index (χ3v) is 3.61. The number of halogens is 1. The fourth-order valence-electron chi connectivity index (χ4n) is 2.10. The Hall–Kier alpha value is -1.49. The average Bonchev–Trinajstić information content (AvgIpc) is 2.43. The monoisotopic (exact) mass is 400 g/mol. The Bertz CT molecular complexity index is 535. The molecule has 2 rings (SSSR count). The van der Waals surface area contributed by atoms with Gasteiger partial charge in [-0.1, -0.05) is 12.5 Å². The van der Waals surface area contributed by atoms with Crippen LogP contribution >= 0.6 is 24.0 Å². The Morgan fingerprint density at radius 1 is 1.52 bits per heavy atom. The first kappa shape index (κ1) is 17.6. The van der Waals surface area contributed by atoms with Crippen LogP contribution in [0.2, 0.25) is 0 Å². The van der Waals surface area contributed by atoms with Gasteiger partial charge in [-0.3, -0.25) is 0 Å². The van der Waals surface area contributed by atoms with Gasteiger partial charge in [0, 0.05) is 6.54 Å². The summed E-state index contributed by atoms with van der Waals surface area (Å²) >= 11 is 0. The zero-order valence-corrected chi connectivity index (χ0v) is 14.5. The summed E-state index contributed by atoms with van der Waals surface area (Å²) in [7, 11) is 1.55. The van der Waals surface area contributed by atoms with E-state index >= 15 is 0 Å². The zero-order valence-electron chi connectivity index (χ0n) is 12.1. The molecule has 0 spiro atoms. The summed E-state index contributed by atoms with van der Waals surface area (Å²) in [5.74, 6) is 1.79. The number of aliphatic imine (C=N–C) groups is 1. The molecule has 1 aromatic rings. The number of benzene rings is 1. The lowest BCUT2D eigenvalue weighted by Gasteiger charge is -2.25. The van der Waals surface area contributed by atoms with Gasteiger partial charge >= 0.3 is 0 Å². The van der Waals surface area contributed by atoms with Crippen LogP contribution in [0.15, 0.2) is 23.2 Å². The number of nitrogens with zero attached hydrogens (tertiary/aromatic N) is 2. The van der Waals surface area contributed by atoms with Crippen molar-refractivity contribution in [3.8, 4) is 11.8 Å². The lowest BCUT2D eigenvalue weighted by Crippen LogP contribution is -2.37. The summed E-state index contributed by atoms with van der Waals surface area (Å²) in [6.07, 6.45) is 3.90. The lowest BCUT2D eigenvalue weighted by molar-refractivity contribution is 0.315. The lowest BCUT2D eigenvalue weighted by atomic mass is 9.85. The maximum atomic E-state index is 8.92. The number of rotatable bonds is 5. The average molecular weight is 400 g/mol. The molecule has 0 atom stereocenters. The van der Waals surface area contributed by atoms with Crippen LogP contribution in [0.1, 0.15) is 30.4 Å². The van der Waals surface area contributed by atoms with Gasteiger partial charge in [0.05, 0.1) is 19.2 Å². The van der Waals surface area contributed by atoms with Crippen molar-refractivity contribution in [2.75, 3.05) is 13.7 Å². The second kappa shape index (κ2) is 8.72. The van der Waals surface area contributed by atoms with Gasteiger partial charge in [0.25, 0.3) is 0 Å². The standard InChI is InChI=1S/C15H20N4O.HI/c1-20-14-7-12(5-6-13(14)8-16)10-19-15(17)18-9-11-3-2-4-11;/h5-7,11H,2-4,9-10H2,1H3,(H3,17,18,19);1H. The second-order valence-corrected chi connectivity index (χ2v) is 5.03. The van der Waals surface area contributed by atoms with Crippen LogP contribution in [-0.2, 0) is 6.54 Å². The van der Waals surface area contributed by atoms with Crippen molar-refractivity contribution in [3.05, 3.63) is 29.3 Å². The van der Waals surface area contributed by atoms with E-state index in [1.165, 1.54) is 19.3 Å². The van der Waals surface area contributed by atoms with Crippen molar-refractivity contribution < 1.29 is 4.74 Å². The van der Waals surface area contributed by atoms with Gasteiger partial charge in [-0.05, 0) is 36.5 Å². The minimum Gasteiger partial charge on any atom is -0.495 e. The fourth-order valence-corrected chi connectivity index (χ4v) is 2.10. The van der Waals surface area contributed by atoms with Crippen molar-refractivity contribution in [2.24, 2.45) is 16.6 Å². The molecule has 0 saturated heterocycles. The van der Waals surface area contributed by atoms with Gasteiger partial charge in [0.2, 0.25) is 0 Å². The highest BCUT2D eigenvalue weighted by molar-refractivity contribution is 14.0. The van der Waals surface area contributed by atoms with Crippen molar-refractivity contribution in [3.63, 3.8) is 0 Å². The summed E-state index contributed by atoms with van der Waals surface area (Å²) in [5.41, 5.74) is 7.32. The molecular formula is C15H21IN4O. The van der Waals surface area contributed by atoms with Crippen LogP contribution in [0.5, 0.6) is 5.75 Å². The highest BCUT2D eigenvalue weighted by Gasteiger charge is 2.16. The van der Waals surface area contributed by atoms with E-state index in [9.17, 15) is 0 Å². The largest absolute Gasteiger partial charge is 0.495 e. The Morgan fingerprint density at radius 3 is 2.86 bits per heavy atom. The first-order valence-corrected chi connectivity index (χ1v) is 6.83. The van der Waals surface area contributed by atoms with Crippen molar-refractivity contribution in [1.82, 2.24) is 5.32 Å². The molecule has 5 nitrogen and oxygen atoms in total.